The molecule has 0 radical (unpaired) electrons. The Morgan fingerprint density at radius 2 is 2.29 bits per heavy atom. The zero-order chi connectivity index (χ0) is 12.4. The molecule has 92 valence electrons. The van der Waals surface area contributed by atoms with Gasteiger partial charge in [-0.15, -0.1) is 0 Å². The Kier molecular flexibility index (Phi) is 3.33. The van der Waals surface area contributed by atoms with Crippen molar-refractivity contribution in [2.24, 2.45) is 5.92 Å². The van der Waals surface area contributed by atoms with E-state index >= 15 is 0 Å². The van der Waals surface area contributed by atoms with Crippen molar-refractivity contribution in [2.75, 3.05) is 25.4 Å². The monoisotopic (exact) mass is 234 g/mol. The largest absolute Gasteiger partial charge is 0.399 e. The van der Waals surface area contributed by atoms with Gasteiger partial charge in [-0.2, -0.15) is 0 Å². The predicted molar refractivity (Wildman–Crippen MR) is 66.7 cm³/mol. The van der Waals surface area contributed by atoms with Crippen LogP contribution >= 0.6 is 0 Å². The zero-order valence-electron chi connectivity index (χ0n) is 10.0. The minimum Gasteiger partial charge on any atom is -0.399 e. The van der Waals surface area contributed by atoms with Crippen LogP contribution in [0.4, 0.5) is 5.69 Å². The molecule has 0 aromatic heterocycles. The highest BCUT2D eigenvalue weighted by molar-refractivity contribution is 5.97. The molecule has 1 aromatic carbocycles. The fourth-order valence-electron chi connectivity index (χ4n) is 2.15. The summed E-state index contributed by atoms with van der Waals surface area (Å²) in [4.78, 5) is 14.0. The van der Waals surface area contributed by atoms with Crippen molar-refractivity contribution < 1.29 is 9.90 Å². The normalized spacial score (nSPS) is 16.8. The second-order valence-corrected chi connectivity index (χ2v) is 4.71. The van der Waals surface area contributed by atoms with E-state index in [2.05, 4.69) is 0 Å². The van der Waals surface area contributed by atoms with Gasteiger partial charge < -0.3 is 15.7 Å². The Balaban J connectivity index is 2.20. The number of nitrogens with two attached hydrogens (primary N) is 1. The molecule has 2 rings (SSSR count). The van der Waals surface area contributed by atoms with E-state index in [0.717, 1.165) is 18.5 Å². The number of aliphatic hydroxyl groups is 1. The molecular formula is C13H18N2O2. The highest BCUT2D eigenvalue weighted by Gasteiger charge is 2.25. The van der Waals surface area contributed by atoms with Crippen molar-refractivity contribution in [2.45, 2.75) is 13.3 Å². The smallest absolute Gasteiger partial charge is 0.254 e. The number of fused-ring (bicyclic) bond motifs is 1. The third-order valence-corrected chi connectivity index (χ3v) is 3.15. The lowest BCUT2D eigenvalue weighted by Crippen LogP contribution is -2.40. The Morgan fingerprint density at radius 3 is 3.00 bits per heavy atom. The lowest BCUT2D eigenvalue weighted by molar-refractivity contribution is 0.0693. The fraction of sp³-hybridized carbons (Fsp3) is 0.462. The number of hydrogen-bond acceptors (Lipinski definition) is 3. The van der Waals surface area contributed by atoms with Gasteiger partial charge in [-0.3, -0.25) is 4.79 Å². The fourth-order valence-corrected chi connectivity index (χ4v) is 2.15. The quantitative estimate of drug-likeness (QED) is 0.763. The van der Waals surface area contributed by atoms with Crippen LogP contribution < -0.4 is 5.73 Å². The van der Waals surface area contributed by atoms with Gasteiger partial charge in [0.15, 0.2) is 0 Å². The number of anilines is 1. The maximum absolute atomic E-state index is 12.2. The van der Waals surface area contributed by atoms with E-state index in [1.165, 1.54) is 0 Å². The van der Waals surface area contributed by atoms with Gasteiger partial charge in [0.1, 0.15) is 0 Å². The molecule has 1 aromatic rings. The van der Waals surface area contributed by atoms with Gasteiger partial charge in [0, 0.05) is 30.9 Å². The van der Waals surface area contributed by atoms with Gasteiger partial charge in [-0.05, 0) is 30.0 Å². The number of rotatable bonds is 3. The van der Waals surface area contributed by atoms with Gasteiger partial charge in [0.2, 0.25) is 0 Å². The summed E-state index contributed by atoms with van der Waals surface area (Å²) in [6, 6.07) is 5.50. The molecule has 0 fully saturated rings. The molecule has 0 bridgehead atoms. The first kappa shape index (κ1) is 11.9. The van der Waals surface area contributed by atoms with Crippen molar-refractivity contribution in [1.29, 1.82) is 0 Å². The van der Waals surface area contributed by atoms with Gasteiger partial charge >= 0.3 is 0 Å². The summed E-state index contributed by atoms with van der Waals surface area (Å²) in [5.41, 5.74) is 8.10. The average molecular weight is 234 g/mol. The minimum absolute atomic E-state index is 0.0267. The minimum atomic E-state index is 0.0267. The first-order valence-electron chi connectivity index (χ1n) is 5.90. The number of nitrogen functional groups attached to an aromatic ring is 1. The summed E-state index contributed by atoms with van der Waals surface area (Å²) >= 11 is 0. The van der Waals surface area contributed by atoms with E-state index < -0.39 is 0 Å². The highest BCUT2D eigenvalue weighted by atomic mass is 16.3. The van der Waals surface area contributed by atoms with E-state index in [-0.39, 0.29) is 18.4 Å². The number of nitrogens with zero attached hydrogens (tertiary/aromatic N) is 1. The lowest BCUT2D eigenvalue weighted by Gasteiger charge is -2.30. The van der Waals surface area contributed by atoms with Crippen molar-refractivity contribution in [1.82, 2.24) is 4.90 Å². The predicted octanol–water partition coefficient (Wildman–Crippen LogP) is 0.895. The summed E-state index contributed by atoms with van der Waals surface area (Å²) in [6.07, 6.45) is 0.861. The third kappa shape index (κ3) is 2.42. The van der Waals surface area contributed by atoms with Crippen LogP contribution in [-0.4, -0.2) is 35.6 Å². The topological polar surface area (TPSA) is 66.6 Å². The van der Waals surface area contributed by atoms with Crippen molar-refractivity contribution in [3.63, 3.8) is 0 Å². The van der Waals surface area contributed by atoms with E-state index in [9.17, 15) is 4.79 Å². The number of amides is 1. The van der Waals surface area contributed by atoms with Gasteiger partial charge in [-0.25, -0.2) is 0 Å². The average Bonchev–Trinajstić information content (AvgIpc) is 2.33. The number of carbonyl (C=O) groups excluding carboxylic acids is 1. The van der Waals surface area contributed by atoms with Gasteiger partial charge in [0.25, 0.3) is 5.91 Å². The van der Waals surface area contributed by atoms with Crippen LogP contribution in [0.5, 0.6) is 0 Å². The molecule has 0 saturated carbocycles. The molecule has 1 atom stereocenters. The van der Waals surface area contributed by atoms with E-state index in [4.69, 9.17) is 10.8 Å². The van der Waals surface area contributed by atoms with Crippen molar-refractivity contribution in [3.8, 4) is 0 Å². The Hall–Kier alpha value is -1.55. The highest BCUT2D eigenvalue weighted by Crippen LogP contribution is 2.21. The second-order valence-electron chi connectivity index (χ2n) is 4.71. The summed E-state index contributed by atoms with van der Waals surface area (Å²) in [7, 11) is 0. The SMILES string of the molecule is CC(CO)CN1CCc2ccc(N)cc2C1=O. The van der Waals surface area contributed by atoms with E-state index in [1.54, 1.807) is 11.0 Å². The maximum atomic E-state index is 12.2. The molecular weight excluding hydrogens is 216 g/mol. The second kappa shape index (κ2) is 4.75. The maximum Gasteiger partial charge on any atom is 0.254 e. The van der Waals surface area contributed by atoms with Crippen LogP contribution in [0.1, 0.15) is 22.8 Å². The number of hydrogen-bond donors (Lipinski definition) is 2. The molecule has 17 heavy (non-hydrogen) atoms. The Morgan fingerprint density at radius 1 is 1.53 bits per heavy atom. The van der Waals surface area contributed by atoms with Crippen LogP contribution in [0.15, 0.2) is 18.2 Å². The molecule has 1 aliphatic heterocycles. The van der Waals surface area contributed by atoms with Crippen LogP contribution in [0.25, 0.3) is 0 Å². The third-order valence-electron chi connectivity index (χ3n) is 3.15. The summed E-state index contributed by atoms with van der Waals surface area (Å²) in [6.45, 7) is 3.36. The summed E-state index contributed by atoms with van der Waals surface area (Å²) in [5.74, 6) is 0.139. The molecule has 3 N–H and O–H groups in total. The van der Waals surface area contributed by atoms with Crippen LogP contribution in [0, 0.1) is 5.92 Å². The number of benzene rings is 1. The molecule has 0 saturated heterocycles. The molecule has 4 nitrogen and oxygen atoms in total. The van der Waals surface area contributed by atoms with Crippen LogP contribution in [0.3, 0.4) is 0 Å². The standard InChI is InChI=1S/C13H18N2O2/c1-9(8-16)7-15-5-4-10-2-3-11(14)6-12(10)13(15)17/h2-3,6,9,16H,4-5,7-8,14H2,1H3. The number of aliphatic hydroxyl groups excluding tert-OH is 1. The molecule has 1 amide bonds. The Labute approximate surface area is 101 Å². The molecule has 0 spiro atoms. The van der Waals surface area contributed by atoms with Crippen LogP contribution in [0.2, 0.25) is 0 Å². The first-order valence-corrected chi connectivity index (χ1v) is 5.90. The van der Waals surface area contributed by atoms with Crippen molar-refractivity contribution >= 4 is 11.6 Å². The summed E-state index contributed by atoms with van der Waals surface area (Å²) < 4.78 is 0. The van der Waals surface area contributed by atoms with E-state index in [1.807, 2.05) is 19.1 Å². The first-order chi connectivity index (χ1) is 8.11. The molecule has 1 unspecified atom stereocenters. The van der Waals surface area contributed by atoms with Gasteiger partial charge in [-0.1, -0.05) is 13.0 Å². The van der Waals surface area contributed by atoms with E-state index in [0.29, 0.717) is 17.8 Å². The molecule has 0 aliphatic carbocycles. The van der Waals surface area contributed by atoms with Crippen molar-refractivity contribution in [3.05, 3.63) is 29.3 Å². The summed E-state index contributed by atoms with van der Waals surface area (Å²) in [5, 5.41) is 9.03. The number of carbonyl (C=O) groups is 1. The van der Waals surface area contributed by atoms with Crippen LogP contribution in [-0.2, 0) is 6.42 Å². The molecule has 4 heteroatoms. The molecule has 1 heterocycles. The molecule has 1 aliphatic rings. The Bertz CT molecular complexity index is 431. The van der Waals surface area contributed by atoms with Gasteiger partial charge in [0.05, 0.1) is 0 Å². The lowest BCUT2D eigenvalue weighted by atomic mass is 9.97. The zero-order valence-corrected chi connectivity index (χ0v) is 10.0.